The largest absolute Gasteiger partial charge is 0.494 e. The normalized spacial score (nSPS) is 16.9. The third-order valence-electron chi connectivity index (χ3n) is 4.06. The lowest BCUT2D eigenvalue weighted by Crippen LogP contribution is -2.40. The van der Waals surface area contributed by atoms with Crippen molar-refractivity contribution in [2.45, 2.75) is 52.0 Å². The van der Waals surface area contributed by atoms with Crippen molar-refractivity contribution in [2.24, 2.45) is 5.92 Å². The molecule has 1 aromatic rings. The molecular formula is C17H27NO. The highest BCUT2D eigenvalue weighted by Crippen LogP contribution is 2.31. The Morgan fingerprint density at radius 3 is 2.84 bits per heavy atom. The Kier molecular flexibility index (Phi) is 5.71. The second kappa shape index (κ2) is 7.54. The van der Waals surface area contributed by atoms with Gasteiger partial charge in [0, 0.05) is 6.04 Å². The van der Waals surface area contributed by atoms with Crippen molar-refractivity contribution in [3.8, 4) is 5.75 Å². The van der Waals surface area contributed by atoms with Gasteiger partial charge in [0.2, 0.25) is 0 Å². The maximum absolute atomic E-state index is 5.88. The summed E-state index contributed by atoms with van der Waals surface area (Å²) < 4.78 is 5.88. The zero-order valence-electron chi connectivity index (χ0n) is 12.3. The summed E-state index contributed by atoms with van der Waals surface area (Å²) in [6.07, 6.45) is 6.53. The van der Waals surface area contributed by atoms with E-state index in [1.165, 1.54) is 31.2 Å². The lowest BCUT2D eigenvalue weighted by atomic mass is 9.78. The first-order chi connectivity index (χ1) is 9.29. The van der Waals surface area contributed by atoms with Gasteiger partial charge in [0.1, 0.15) is 5.75 Å². The van der Waals surface area contributed by atoms with Gasteiger partial charge in [-0.25, -0.2) is 0 Å². The molecule has 1 N–H and O–H groups in total. The molecule has 1 saturated carbocycles. The van der Waals surface area contributed by atoms with Crippen LogP contribution in [0, 0.1) is 12.8 Å². The minimum Gasteiger partial charge on any atom is -0.494 e. The van der Waals surface area contributed by atoms with E-state index >= 15 is 0 Å². The fourth-order valence-corrected chi connectivity index (χ4v) is 2.69. The minimum atomic E-state index is 0.651. The van der Waals surface area contributed by atoms with Crippen molar-refractivity contribution >= 4 is 0 Å². The summed E-state index contributed by atoms with van der Waals surface area (Å²) in [5.74, 6) is 1.88. The Bertz CT molecular complexity index is 373. The van der Waals surface area contributed by atoms with Gasteiger partial charge in [-0.2, -0.15) is 0 Å². The Morgan fingerprint density at radius 1 is 1.37 bits per heavy atom. The predicted molar refractivity (Wildman–Crippen MR) is 80.7 cm³/mol. The van der Waals surface area contributed by atoms with Crippen LogP contribution in [0.1, 0.15) is 44.6 Å². The Hall–Kier alpha value is -1.02. The molecule has 1 aliphatic carbocycles. The molecule has 0 aliphatic heterocycles. The van der Waals surface area contributed by atoms with E-state index in [4.69, 9.17) is 4.74 Å². The van der Waals surface area contributed by atoms with Gasteiger partial charge in [-0.1, -0.05) is 25.5 Å². The van der Waals surface area contributed by atoms with Gasteiger partial charge < -0.3 is 10.1 Å². The lowest BCUT2D eigenvalue weighted by molar-refractivity contribution is 0.190. The second-order valence-corrected chi connectivity index (χ2v) is 5.71. The van der Waals surface area contributed by atoms with Crippen LogP contribution in [0.3, 0.4) is 0 Å². The van der Waals surface area contributed by atoms with Gasteiger partial charge in [-0.05, 0) is 62.8 Å². The van der Waals surface area contributed by atoms with Crippen LogP contribution in [0.4, 0.5) is 0 Å². The standard InChI is InChI=1S/C17H27NO/c1-3-11-18-17(15-7-5-8-15)10-12-19-16-9-4-6-14(2)13-16/h4,6,9,13,15,17-18H,3,5,7-8,10-12H2,1-2H3. The van der Waals surface area contributed by atoms with E-state index < -0.39 is 0 Å². The van der Waals surface area contributed by atoms with E-state index in [0.717, 1.165) is 31.2 Å². The topological polar surface area (TPSA) is 21.3 Å². The van der Waals surface area contributed by atoms with E-state index in [1.54, 1.807) is 0 Å². The first-order valence-corrected chi connectivity index (χ1v) is 7.72. The average Bonchev–Trinajstić information content (AvgIpc) is 2.33. The number of hydrogen-bond acceptors (Lipinski definition) is 2. The summed E-state index contributed by atoms with van der Waals surface area (Å²) in [6.45, 7) is 6.29. The number of hydrogen-bond donors (Lipinski definition) is 1. The van der Waals surface area contributed by atoms with Gasteiger partial charge in [0.05, 0.1) is 6.61 Å². The average molecular weight is 261 g/mol. The number of rotatable bonds is 8. The molecule has 2 rings (SSSR count). The number of benzene rings is 1. The van der Waals surface area contributed by atoms with Crippen LogP contribution in [-0.2, 0) is 0 Å². The molecule has 0 amide bonds. The fraction of sp³-hybridized carbons (Fsp3) is 0.647. The van der Waals surface area contributed by atoms with E-state index in [0.29, 0.717) is 6.04 Å². The lowest BCUT2D eigenvalue weighted by Gasteiger charge is -2.34. The Balaban J connectivity index is 1.75. The number of aryl methyl sites for hydroxylation is 1. The van der Waals surface area contributed by atoms with Crippen molar-refractivity contribution in [1.82, 2.24) is 5.32 Å². The van der Waals surface area contributed by atoms with Crippen LogP contribution >= 0.6 is 0 Å². The molecule has 1 fully saturated rings. The zero-order valence-corrected chi connectivity index (χ0v) is 12.3. The molecule has 2 nitrogen and oxygen atoms in total. The summed E-state index contributed by atoms with van der Waals surface area (Å²) in [4.78, 5) is 0. The molecule has 1 atom stereocenters. The van der Waals surface area contributed by atoms with E-state index in [9.17, 15) is 0 Å². The van der Waals surface area contributed by atoms with Crippen molar-refractivity contribution < 1.29 is 4.74 Å². The van der Waals surface area contributed by atoms with Crippen LogP contribution < -0.4 is 10.1 Å². The molecule has 1 aliphatic rings. The fourth-order valence-electron chi connectivity index (χ4n) is 2.69. The van der Waals surface area contributed by atoms with Gasteiger partial charge in [-0.3, -0.25) is 0 Å². The quantitative estimate of drug-likeness (QED) is 0.765. The van der Waals surface area contributed by atoms with Crippen LogP contribution in [0.25, 0.3) is 0 Å². The monoisotopic (exact) mass is 261 g/mol. The molecule has 19 heavy (non-hydrogen) atoms. The van der Waals surface area contributed by atoms with E-state index in [-0.39, 0.29) is 0 Å². The van der Waals surface area contributed by atoms with Crippen molar-refractivity contribution in [3.05, 3.63) is 29.8 Å². The molecule has 106 valence electrons. The molecule has 0 radical (unpaired) electrons. The van der Waals surface area contributed by atoms with Crippen LogP contribution in [0.15, 0.2) is 24.3 Å². The van der Waals surface area contributed by atoms with Gasteiger partial charge in [-0.15, -0.1) is 0 Å². The van der Waals surface area contributed by atoms with Crippen LogP contribution in [0.2, 0.25) is 0 Å². The summed E-state index contributed by atoms with van der Waals surface area (Å²) in [5, 5.41) is 3.69. The second-order valence-electron chi connectivity index (χ2n) is 5.71. The van der Waals surface area contributed by atoms with Gasteiger partial charge in [0.25, 0.3) is 0 Å². The molecule has 2 heteroatoms. The number of nitrogens with one attached hydrogen (secondary N) is 1. The molecule has 1 aromatic carbocycles. The number of ether oxygens (including phenoxy) is 1. The highest BCUT2D eigenvalue weighted by molar-refractivity contribution is 5.27. The van der Waals surface area contributed by atoms with Gasteiger partial charge in [0.15, 0.2) is 0 Å². The SMILES string of the molecule is CCCNC(CCOc1cccc(C)c1)C1CCC1. The maximum atomic E-state index is 5.88. The smallest absolute Gasteiger partial charge is 0.119 e. The molecule has 0 heterocycles. The van der Waals surface area contributed by atoms with Crippen LogP contribution in [-0.4, -0.2) is 19.2 Å². The van der Waals surface area contributed by atoms with E-state index in [1.807, 2.05) is 6.07 Å². The molecular weight excluding hydrogens is 234 g/mol. The molecule has 0 spiro atoms. The first-order valence-electron chi connectivity index (χ1n) is 7.72. The highest BCUT2D eigenvalue weighted by atomic mass is 16.5. The summed E-state index contributed by atoms with van der Waals surface area (Å²) in [7, 11) is 0. The predicted octanol–water partition coefficient (Wildman–Crippen LogP) is 3.93. The van der Waals surface area contributed by atoms with Crippen molar-refractivity contribution in [1.29, 1.82) is 0 Å². The maximum Gasteiger partial charge on any atom is 0.119 e. The van der Waals surface area contributed by atoms with Crippen LogP contribution in [0.5, 0.6) is 5.75 Å². The third kappa shape index (κ3) is 4.54. The summed E-state index contributed by atoms with van der Waals surface area (Å²) in [5.41, 5.74) is 1.26. The van der Waals surface area contributed by atoms with Crippen molar-refractivity contribution in [2.75, 3.05) is 13.2 Å². The zero-order chi connectivity index (χ0) is 13.5. The minimum absolute atomic E-state index is 0.651. The first kappa shape index (κ1) is 14.4. The third-order valence-corrected chi connectivity index (χ3v) is 4.06. The summed E-state index contributed by atoms with van der Waals surface area (Å²) >= 11 is 0. The molecule has 0 saturated heterocycles. The summed E-state index contributed by atoms with van der Waals surface area (Å²) in [6, 6.07) is 8.97. The van der Waals surface area contributed by atoms with Gasteiger partial charge >= 0.3 is 0 Å². The van der Waals surface area contributed by atoms with Crippen molar-refractivity contribution in [3.63, 3.8) is 0 Å². The molecule has 0 bridgehead atoms. The van der Waals surface area contributed by atoms with E-state index in [2.05, 4.69) is 37.4 Å². The molecule has 1 unspecified atom stereocenters. The highest BCUT2D eigenvalue weighted by Gasteiger charge is 2.26. The Morgan fingerprint density at radius 2 is 2.21 bits per heavy atom. The molecule has 0 aromatic heterocycles. The Labute approximate surface area is 117 Å².